The van der Waals surface area contributed by atoms with E-state index in [1.165, 1.54) is 7.11 Å². The molecule has 1 aliphatic heterocycles. The fraction of sp³-hybridized carbons (Fsp3) is 0.348. The molecule has 3 atom stereocenters. The maximum absolute atomic E-state index is 13.1. The Bertz CT molecular complexity index is 952. The molecule has 1 heterocycles. The predicted molar refractivity (Wildman–Crippen MR) is 109 cm³/mol. The second kappa shape index (κ2) is 8.36. The lowest BCUT2D eigenvalue weighted by Crippen LogP contribution is -2.70. The van der Waals surface area contributed by atoms with Crippen molar-refractivity contribution in [2.24, 2.45) is 0 Å². The molecule has 0 saturated carbocycles. The Hall–Kier alpha value is -3.33. The molecule has 3 rings (SSSR count). The summed E-state index contributed by atoms with van der Waals surface area (Å²) in [5, 5.41) is 15.4. The second-order valence-electron chi connectivity index (χ2n) is 7.36. The fourth-order valence-electron chi connectivity index (χ4n) is 3.97. The van der Waals surface area contributed by atoms with Crippen LogP contribution in [0, 0.1) is 11.3 Å². The summed E-state index contributed by atoms with van der Waals surface area (Å²) >= 11 is 0. The second-order valence-corrected chi connectivity index (χ2v) is 7.36. The Morgan fingerprint density at radius 2 is 1.90 bits per heavy atom. The average molecular weight is 391 g/mol. The third kappa shape index (κ3) is 3.81. The Morgan fingerprint density at radius 3 is 2.52 bits per heavy atom. The number of nitriles is 1. The Kier molecular flexibility index (Phi) is 5.88. The summed E-state index contributed by atoms with van der Waals surface area (Å²) in [5.41, 5.74) is 1.03. The summed E-state index contributed by atoms with van der Waals surface area (Å²) in [4.78, 5) is 26.2. The maximum Gasteiger partial charge on any atom is 0.246 e. The van der Waals surface area contributed by atoms with Crippen molar-refractivity contribution < 1.29 is 14.3 Å². The number of nitrogens with zero attached hydrogens (tertiary/aromatic N) is 1. The normalized spacial score (nSPS) is 22.2. The lowest BCUT2D eigenvalue weighted by molar-refractivity contribution is -0.142. The molecule has 29 heavy (non-hydrogen) atoms. The van der Waals surface area contributed by atoms with Crippen molar-refractivity contribution in [2.75, 3.05) is 7.11 Å². The highest BCUT2D eigenvalue weighted by Crippen LogP contribution is 2.34. The minimum Gasteiger partial charge on any atom is -0.496 e. The van der Waals surface area contributed by atoms with E-state index in [-0.39, 0.29) is 11.8 Å². The first-order valence-electron chi connectivity index (χ1n) is 9.69. The SMILES string of the molecule is CCC1(Cc2ccccc2)NC(=O)C(C(C)c2c(C#N)cccc2OC)NC1=O. The van der Waals surface area contributed by atoms with Gasteiger partial charge < -0.3 is 15.4 Å². The van der Waals surface area contributed by atoms with E-state index < -0.39 is 17.5 Å². The van der Waals surface area contributed by atoms with E-state index in [0.717, 1.165) is 5.56 Å². The molecular weight excluding hydrogens is 366 g/mol. The van der Waals surface area contributed by atoms with Crippen molar-refractivity contribution >= 4 is 11.8 Å². The van der Waals surface area contributed by atoms with E-state index >= 15 is 0 Å². The highest BCUT2D eigenvalue weighted by molar-refractivity contribution is 6.00. The van der Waals surface area contributed by atoms with Gasteiger partial charge in [-0.05, 0) is 24.1 Å². The number of ether oxygens (including phenoxy) is 1. The largest absolute Gasteiger partial charge is 0.496 e. The van der Waals surface area contributed by atoms with Gasteiger partial charge >= 0.3 is 0 Å². The first kappa shape index (κ1) is 20.4. The number of hydrogen-bond donors (Lipinski definition) is 2. The van der Waals surface area contributed by atoms with Gasteiger partial charge in [0.1, 0.15) is 17.3 Å². The van der Waals surface area contributed by atoms with Crippen LogP contribution in [-0.4, -0.2) is 30.5 Å². The van der Waals surface area contributed by atoms with Crippen LogP contribution in [0.3, 0.4) is 0 Å². The van der Waals surface area contributed by atoms with Gasteiger partial charge in [-0.1, -0.05) is 50.2 Å². The molecule has 0 aromatic heterocycles. The summed E-state index contributed by atoms with van der Waals surface area (Å²) < 4.78 is 5.41. The van der Waals surface area contributed by atoms with E-state index in [9.17, 15) is 14.9 Å². The third-order valence-electron chi connectivity index (χ3n) is 5.68. The van der Waals surface area contributed by atoms with Crippen LogP contribution < -0.4 is 15.4 Å². The zero-order chi connectivity index (χ0) is 21.0. The van der Waals surface area contributed by atoms with Crippen LogP contribution in [-0.2, 0) is 16.0 Å². The molecule has 0 aliphatic carbocycles. The molecule has 2 aromatic carbocycles. The van der Waals surface area contributed by atoms with E-state index in [2.05, 4.69) is 16.7 Å². The number of piperazine rings is 1. The number of rotatable bonds is 6. The van der Waals surface area contributed by atoms with E-state index in [1.807, 2.05) is 44.2 Å². The highest BCUT2D eigenvalue weighted by atomic mass is 16.5. The molecule has 0 radical (unpaired) electrons. The predicted octanol–water partition coefficient (Wildman–Crippen LogP) is 2.68. The zero-order valence-corrected chi connectivity index (χ0v) is 16.9. The van der Waals surface area contributed by atoms with Crippen molar-refractivity contribution in [2.45, 2.75) is 44.2 Å². The number of methoxy groups -OCH3 is 1. The molecule has 2 aromatic rings. The molecule has 1 saturated heterocycles. The number of carbonyl (C=O) groups excluding carboxylic acids is 2. The van der Waals surface area contributed by atoms with Gasteiger partial charge in [-0.25, -0.2) is 0 Å². The molecular formula is C23H25N3O3. The molecule has 1 fully saturated rings. The molecule has 6 nitrogen and oxygen atoms in total. The summed E-state index contributed by atoms with van der Waals surface area (Å²) in [6.45, 7) is 3.71. The topological polar surface area (TPSA) is 91.2 Å². The smallest absolute Gasteiger partial charge is 0.246 e. The number of amides is 2. The quantitative estimate of drug-likeness (QED) is 0.792. The first-order chi connectivity index (χ1) is 14.0. The van der Waals surface area contributed by atoms with Gasteiger partial charge in [-0.2, -0.15) is 5.26 Å². The van der Waals surface area contributed by atoms with Crippen molar-refractivity contribution in [1.29, 1.82) is 5.26 Å². The minimum absolute atomic E-state index is 0.214. The van der Waals surface area contributed by atoms with Crippen LogP contribution >= 0.6 is 0 Å². The van der Waals surface area contributed by atoms with Gasteiger partial charge in [0.25, 0.3) is 0 Å². The summed E-state index contributed by atoms with van der Waals surface area (Å²) in [6.07, 6.45) is 0.889. The standard InChI is InChI=1S/C23H25N3O3/c1-4-23(13-16-9-6-5-7-10-16)22(28)25-20(21(27)26-23)15(2)19-17(14-24)11-8-12-18(19)29-3/h5-12,15,20H,4,13H2,1-3H3,(H,25,28)(H,26,27). The van der Waals surface area contributed by atoms with Crippen molar-refractivity contribution in [3.05, 3.63) is 65.2 Å². The lowest BCUT2D eigenvalue weighted by Gasteiger charge is -2.41. The molecule has 0 bridgehead atoms. The summed E-state index contributed by atoms with van der Waals surface area (Å²) in [5.74, 6) is -0.384. The third-order valence-corrected chi connectivity index (χ3v) is 5.68. The Balaban J connectivity index is 1.90. The van der Waals surface area contributed by atoms with Crippen LogP contribution in [0.4, 0.5) is 0 Å². The zero-order valence-electron chi connectivity index (χ0n) is 16.9. The highest BCUT2D eigenvalue weighted by Gasteiger charge is 2.47. The minimum atomic E-state index is -0.993. The number of benzene rings is 2. The van der Waals surface area contributed by atoms with Gasteiger partial charge in [0, 0.05) is 17.9 Å². The number of hydrogen-bond acceptors (Lipinski definition) is 4. The molecule has 1 aliphatic rings. The molecule has 0 spiro atoms. The number of nitrogens with one attached hydrogen (secondary N) is 2. The van der Waals surface area contributed by atoms with Crippen LogP contribution in [0.5, 0.6) is 5.75 Å². The van der Waals surface area contributed by atoms with Crippen molar-refractivity contribution in [3.63, 3.8) is 0 Å². The van der Waals surface area contributed by atoms with Gasteiger partial charge in [0.2, 0.25) is 11.8 Å². The molecule has 150 valence electrons. The van der Waals surface area contributed by atoms with Crippen molar-refractivity contribution in [3.8, 4) is 11.8 Å². The van der Waals surface area contributed by atoms with Gasteiger partial charge in [0.15, 0.2) is 0 Å². The van der Waals surface area contributed by atoms with Crippen LogP contribution in [0.2, 0.25) is 0 Å². The maximum atomic E-state index is 13.1. The van der Waals surface area contributed by atoms with E-state index in [1.54, 1.807) is 18.2 Å². The van der Waals surface area contributed by atoms with Crippen LogP contribution in [0.1, 0.15) is 42.9 Å². The van der Waals surface area contributed by atoms with Crippen molar-refractivity contribution in [1.82, 2.24) is 10.6 Å². The Morgan fingerprint density at radius 1 is 1.17 bits per heavy atom. The summed E-state index contributed by atoms with van der Waals surface area (Å²) in [6, 6.07) is 16.2. The molecule has 6 heteroatoms. The van der Waals surface area contributed by atoms with E-state index in [0.29, 0.717) is 29.7 Å². The molecule has 3 unspecified atom stereocenters. The fourth-order valence-corrected chi connectivity index (χ4v) is 3.97. The van der Waals surface area contributed by atoms with Gasteiger partial charge in [-0.15, -0.1) is 0 Å². The van der Waals surface area contributed by atoms with Crippen LogP contribution in [0.15, 0.2) is 48.5 Å². The van der Waals surface area contributed by atoms with E-state index in [4.69, 9.17) is 4.74 Å². The monoisotopic (exact) mass is 391 g/mol. The molecule has 2 amide bonds. The number of carbonyl (C=O) groups is 2. The lowest BCUT2D eigenvalue weighted by atomic mass is 9.81. The first-order valence-corrected chi connectivity index (χ1v) is 9.69. The average Bonchev–Trinajstić information content (AvgIpc) is 2.75. The Labute approximate surface area is 170 Å². The van der Waals surface area contributed by atoms with Gasteiger partial charge in [0.05, 0.1) is 18.7 Å². The molecule has 2 N–H and O–H groups in total. The summed E-state index contributed by atoms with van der Waals surface area (Å²) in [7, 11) is 1.52. The van der Waals surface area contributed by atoms with Gasteiger partial charge in [-0.3, -0.25) is 9.59 Å². The van der Waals surface area contributed by atoms with Crippen LogP contribution in [0.25, 0.3) is 0 Å².